The quantitative estimate of drug-likeness (QED) is 0.340. The van der Waals surface area contributed by atoms with Crippen molar-refractivity contribution in [1.82, 2.24) is 10.3 Å². The number of nitro groups is 1. The second-order valence-electron chi connectivity index (χ2n) is 6.02. The molecule has 1 heterocycles. The Balaban J connectivity index is 1.71. The number of non-ortho nitro benzene ring substituents is 1. The average molecular weight is 447 g/mol. The molecule has 0 aliphatic carbocycles. The molecule has 0 saturated carbocycles. The second kappa shape index (κ2) is 7.61. The SMILES string of the molecule is O=[N+]([O-])c1cc(NS(=O)(=O)c2cccc3nonc23)cc(Oc2ccc(Cl)cc2)c1. The fraction of sp³-hybridized carbons (Fsp3) is 0. The predicted octanol–water partition coefficient (Wildman–Crippen LogP) is 4.38. The molecular formula is C18H11ClN4O6S. The highest BCUT2D eigenvalue weighted by Gasteiger charge is 2.22. The molecule has 0 amide bonds. The molecule has 30 heavy (non-hydrogen) atoms. The molecule has 3 aromatic carbocycles. The topological polar surface area (TPSA) is 137 Å². The molecule has 12 heteroatoms. The maximum absolute atomic E-state index is 12.9. The lowest BCUT2D eigenvalue weighted by atomic mass is 10.2. The number of fused-ring (bicyclic) bond motifs is 1. The first-order valence-electron chi connectivity index (χ1n) is 8.29. The summed E-state index contributed by atoms with van der Waals surface area (Å²) in [6, 6.07) is 14.2. The van der Waals surface area contributed by atoms with Crippen molar-refractivity contribution in [3.63, 3.8) is 0 Å². The van der Waals surface area contributed by atoms with E-state index in [-0.39, 0.29) is 33.1 Å². The van der Waals surface area contributed by atoms with E-state index in [1.807, 2.05) is 0 Å². The molecule has 10 nitrogen and oxygen atoms in total. The molecule has 0 bridgehead atoms. The maximum atomic E-state index is 12.9. The van der Waals surface area contributed by atoms with Gasteiger partial charge < -0.3 is 4.74 Å². The Hall–Kier alpha value is -3.70. The van der Waals surface area contributed by atoms with Crippen LogP contribution in [0.4, 0.5) is 11.4 Å². The maximum Gasteiger partial charge on any atom is 0.275 e. The minimum absolute atomic E-state index is 0.0352. The Morgan fingerprint density at radius 2 is 1.80 bits per heavy atom. The van der Waals surface area contributed by atoms with Gasteiger partial charge in [0.05, 0.1) is 16.7 Å². The molecule has 1 N–H and O–H groups in total. The molecule has 0 unspecified atom stereocenters. The molecule has 0 spiro atoms. The van der Waals surface area contributed by atoms with Crippen molar-refractivity contribution in [2.45, 2.75) is 4.90 Å². The summed E-state index contributed by atoms with van der Waals surface area (Å²) in [4.78, 5) is 10.5. The van der Waals surface area contributed by atoms with Gasteiger partial charge in [-0.05, 0) is 46.7 Å². The van der Waals surface area contributed by atoms with E-state index in [4.69, 9.17) is 16.3 Å². The van der Waals surface area contributed by atoms with Crippen LogP contribution in [0.2, 0.25) is 5.02 Å². The second-order valence-corrected chi connectivity index (χ2v) is 8.11. The van der Waals surface area contributed by atoms with Crippen LogP contribution >= 0.6 is 11.6 Å². The lowest BCUT2D eigenvalue weighted by Crippen LogP contribution is -2.13. The Kier molecular flexibility index (Phi) is 4.98. The van der Waals surface area contributed by atoms with Gasteiger partial charge in [0, 0.05) is 17.2 Å². The van der Waals surface area contributed by atoms with Crippen molar-refractivity contribution >= 4 is 44.0 Å². The number of benzene rings is 3. The van der Waals surface area contributed by atoms with E-state index in [2.05, 4.69) is 19.7 Å². The fourth-order valence-electron chi connectivity index (χ4n) is 2.65. The molecule has 0 saturated heterocycles. The van der Waals surface area contributed by atoms with Crippen molar-refractivity contribution in [3.8, 4) is 11.5 Å². The first kappa shape index (κ1) is 19.6. The first-order chi connectivity index (χ1) is 14.3. The lowest BCUT2D eigenvalue weighted by Gasteiger charge is -2.11. The number of aromatic nitrogens is 2. The number of sulfonamides is 1. The average Bonchev–Trinajstić information content (AvgIpc) is 3.18. The number of nitrogens with one attached hydrogen (secondary N) is 1. The third-order valence-corrected chi connectivity index (χ3v) is 5.61. The molecule has 1 aromatic heterocycles. The summed E-state index contributed by atoms with van der Waals surface area (Å²) in [6.07, 6.45) is 0. The minimum Gasteiger partial charge on any atom is -0.457 e. The number of hydrogen-bond donors (Lipinski definition) is 1. The Labute approximate surface area is 174 Å². The van der Waals surface area contributed by atoms with Crippen LogP contribution in [0.5, 0.6) is 11.5 Å². The number of anilines is 1. The lowest BCUT2D eigenvalue weighted by molar-refractivity contribution is -0.384. The van der Waals surface area contributed by atoms with Crippen LogP contribution in [-0.2, 0) is 10.0 Å². The van der Waals surface area contributed by atoms with Crippen molar-refractivity contribution < 1.29 is 22.7 Å². The first-order valence-corrected chi connectivity index (χ1v) is 10.1. The van der Waals surface area contributed by atoms with Gasteiger partial charge in [0.25, 0.3) is 15.7 Å². The molecule has 0 aliphatic heterocycles. The molecule has 0 aliphatic rings. The fourth-order valence-corrected chi connectivity index (χ4v) is 3.97. The van der Waals surface area contributed by atoms with Crippen molar-refractivity contribution in [2.75, 3.05) is 4.72 Å². The Morgan fingerprint density at radius 3 is 2.53 bits per heavy atom. The largest absolute Gasteiger partial charge is 0.457 e. The summed E-state index contributed by atoms with van der Waals surface area (Å²) in [6.45, 7) is 0. The third kappa shape index (κ3) is 4.02. The normalized spacial score (nSPS) is 11.4. The standard InChI is InChI=1S/C18H11ClN4O6S/c19-11-4-6-14(7-5-11)28-15-9-12(8-13(10-15)23(24)25)22-30(26,27)17-3-1-2-16-18(17)21-29-20-16/h1-10,22H. The smallest absolute Gasteiger partial charge is 0.275 e. The van der Waals surface area contributed by atoms with Gasteiger partial charge in [-0.3, -0.25) is 14.8 Å². The van der Waals surface area contributed by atoms with Gasteiger partial charge in [0.15, 0.2) is 5.52 Å². The van der Waals surface area contributed by atoms with E-state index in [9.17, 15) is 18.5 Å². The van der Waals surface area contributed by atoms with Crippen molar-refractivity contribution in [2.24, 2.45) is 0 Å². The minimum atomic E-state index is -4.16. The zero-order valence-corrected chi connectivity index (χ0v) is 16.4. The summed E-state index contributed by atoms with van der Waals surface area (Å²) in [5.74, 6) is 0.428. The van der Waals surface area contributed by atoms with Crippen LogP contribution in [-0.4, -0.2) is 23.7 Å². The summed E-state index contributed by atoms with van der Waals surface area (Å²) in [7, 11) is -4.16. The molecule has 0 atom stereocenters. The van der Waals surface area contributed by atoms with E-state index in [1.54, 1.807) is 24.3 Å². The van der Waals surface area contributed by atoms with Gasteiger partial charge in [0.2, 0.25) is 0 Å². The van der Waals surface area contributed by atoms with Gasteiger partial charge >= 0.3 is 0 Å². The Morgan fingerprint density at radius 1 is 1.03 bits per heavy atom. The number of hydrogen-bond acceptors (Lipinski definition) is 8. The van der Waals surface area contributed by atoms with Crippen LogP contribution in [0, 0.1) is 10.1 Å². The number of nitro benzene ring substituents is 1. The predicted molar refractivity (Wildman–Crippen MR) is 107 cm³/mol. The molecular weight excluding hydrogens is 436 g/mol. The highest BCUT2D eigenvalue weighted by molar-refractivity contribution is 7.93. The van der Waals surface area contributed by atoms with Crippen molar-refractivity contribution in [3.05, 3.63) is 75.8 Å². The van der Waals surface area contributed by atoms with Crippen LogP contribution in [0.1, 0.15) is 0 Å². The van der Waals surface area contributed by atoms with Gasteiger partial charge in [-0.1, -0.05) is 17.7 Å². The van der Waals surface area contributed by atoms with Crippen molar-refractivity contribution in [1.29, 1.82) is 0 Å². The van der Waals surface area contributed by atoms with E-state index in [0.29, 0.717) is 10.8 Å². The summed E-state index contributed by atoms with van der Waals surface area (Å²) in [5.41, 5.74) is -0.140. The zero-order valence-electron chi connectivity index (χ0n) is 14.9. The summed E-state index contributed by atoms with van der Waals surface area (Å²) < 4.78 is 38.2. The van der Waals surface area contributed by atoms with Crippen LogP contribution in [0.25, 0.3) is 11.0 Å². The summed E-state index contributed by atoms with van der Waals surface area (Å²) >= 11 is 5.83. The van der Waals surface area contributed by atoms with Gasteiger partial charge in [0.1, 0.15) is 21.9 Å². The highest BCUT2D eigenvalue weighted by atomic mass is 35.5. The number of ether oxygens (including phenoxy) is 1. The molecule has 152 valence electrons. The molecule has 0 fully saturated rings. The van der Waals surface area contributed by atoms with Gasteiger partial charge in [-0.25, -0.2) is 13.0 Å². The van der Waals surface area contributed by atoms with Crippen LogP contribution < -0.4 is 9.46 Å². The van der Waals surface area contributed by atoms with Crippen LogP contribution in [0.15, 0.2) is 70.2 Å². The molecule has 4 rings (SSSR count). The molecule has 0 radical (unpaired) electrons. The number of nitrogens with zero attached hydrogens (tertiary/aromatic N) is 3. The third-order valence-electron chi connectivity index (χ3n) is 3.94. The van der Waals surface area contributed by atoms with E-state index in [1.165, 1.54) is 30.3 Å². The van der Waals surface area contributed by atoms with E-state index < -0.39 is 14.9 Å². The van der Waals surface area contributed by atoms with E-state index >= 15 is 0 Å². The van der Waals surface area contributed by atoms with Gasteiger partial charge in [-0.2, -0.15) is 0 Å². The highest BCUT2D eigenvalue weighted by Crippen LogP contribution is 2.32. The zero-order chi connectivity index (χ0) is 21.3. The Bertz CT molecular complexity index is 1350. The molecule has 4 aromatic rings. The number of halogens is 1. The van der Waals surface area contributed by atoms with E-state index in [0.717, 1.165) is 6.07 Å². The van der Waals surface area contributed by atoms with Gasteiger partial charge in [-0.15, -0.1) is 0 Å². The monoisotopic (exact) mass is 446 g/mol. The number of rotatable bonds is 6. The van der Waals surface area contributed by atoms with Crippen LogP contribution in [0.3, 0.4) is 0 Å². The summed E-state index contributed by atoms with van der Waals surface area (Å²) in [5, 5.41) is 19.0.